The van der Waals surface area contributed by atoms with E-state index in [2.05, 4.69) is 22.3 Å². The lowest BCUT2D eigenvalue weighted by atomic mass is 10.1. The van der Waals surface area contributed by atoms with Gasteiger partial charge in [0, 0.05) is 43.2 Å². The minimum Gasteiger partial charge on any atom is -0.493 e. The van der Waals surface area contributed by atoms with Crippen LogP contribution in [0.4, 0.5) is 0 Å². The molecule has 1 N–H and O–H groups in total. The molecule has 0 bridgehead atoms. The molecule has 2 heterocycles. The Morgan fingerprint density at radius 3 is 2.82 bits per heavy atom. The Bertz CT molecular complexity index is 846. The first kappa shape index (κ1) is 18.8. The van der Waals surface area contributed by atoms with Gasteiger partial charge in [-0.1, -0.05) is 24.2 Å². The van der Waals surface area contributed by atoms with Crippen LogP contribution < -0.4 is 14.8 Å². The molecule has 0 spiro atoms. The number of para-hydroxylation sites is 1. The number of amides is 1. The number of methoxy groups -OCH3 is 2. The topological polar surface area (TPSA) is 76.8 Å². The molecule has 7 nitrogen and oxygen atoms in total. The maximum Gasteiger partial charge on any atom is 0.273 e. The van der Waals surface area contributed by atoms with Gasteiger partial charge in [0.1, 0.15) is 5.76 Å². The van der Waals surface area contributed by atoms with E-state index < -0.39 is 0 Å². The number of ether oxygens (including phenoxy) is 2. The fraction of sp³-hybridized carbons (Fsp3) is 0.524. The molecule has 1 aliphatic carbocycles. The van der Waals surface area contributed by atoms with Gasteiger partial charge >= 0.3 is 0 Å². The van der Waals surface area contributed by atoms with Crippen molar-refractivity contribution >= 4 is 5.91 Å². The van der Waals surface area contributed by atoms with Gasteiger partial charge in [-0.2, -0.15) is 0 Å². The quantitative estimate of drug-likeness (QED) is 0.790. The van der Waals surface area contributed by atoms with Crippen LogP contribution in [0.3, 0.4) is 0 Å². The van der Waals surface area contributed by atoms with E-state index in [1.807, 2.05) is 18.2 Å². The van der Waals surface area contributed by atoms with Crippen LogP contribution in [0, 0.1) is 5.92 Å². The molecule has 1 saturated heterocycles. The number of benzene rings is 1. The van der Waals surface area contributed by atoms with Crippen LogP contribution in [0.5, 0.6) is 11.5 Å². The lowest BCUT2D eigenvalue weighted by molar-refractivity contribution is 0.0922. The summed E-state index contributed by atoms with van der Waals surface area (Å²) in [5.41, 5.74) is 1.45. The molecule has 1 aliphatic heterocycles. The number of nitrogens with zero attached hydrogens (tertiary/aromatic N) is 2. The fourth-order valence-electron chi connectivity index (χ4n) is 3.90. The molecule has 7 heteroatoms. The van der Waals surface area contributed by atoms with E-state index in [1.165, 1.54) is 0 Å². The third-order valence-electron chi connectivity index (χ3n) is 5.62. The maximum absolute atomic E-state index is 12.6. The molecule has 1 amide bonds. The molecule has 1 aromatic carbocycles. The summed E-state index contributed by atoms with van der Waals surface area (Å²) >= 11 is 0. The van der Waals surface area contributed by atoms with E-state index in [0.717, 1.165) is 55.3 Å². The fourth-order valence-corrected chi connectivity index (χ4v) is 3.90. The summed E-state index contributed by atoms with van der Waals surface area (Å²) in [5, 5.41) is 7.07. The lowest BCUT2D eigenvalue weighted by Crippen LogP contribution is -2.40. The number of likely N-dealkylation sites (tertiary alicyclic amines) is 1. The second-order valence-corrected chi connectivity index (χ2v) is 7.79. The van der Waals surface area contributed by atoms with Crippen LogP contribution in [0.2, 0.25) is 0 Å². The summed E-state index contributed by atoms with van der Waals surface area (Å²) in [6, 6.07) is 7.77. The van der Waals surface area contributed by atoms with Crippen molar-refractivity contribution in [2.75, 3.05) is 27.3 Å². The Morgan fingerprint density at radius 2 is 2.11 bits per heavy atom. The molecule has 2 aromatic rings. The van der Waals surface area contributed by atoms with E-state index in [1.54, 1.807) is 20.3 Å². The molecular formula is C21H27N3O4. The van der Waals surface area contributed by atoms with Gasteiger partial charge in [0.15, 0.2) is 17.2 Å². The zero-order valence-electron chi connectivity index (χ0n) is 16.6. The second-order valence-electron chi connectivity index (χ2n) is 7.79. The Morgan fingerprint density at radius 1 is 1.29 bits per heavy atom. The van der Waals surface area contributed by atoms with Crippen molar-refractivity contribution < 1.29 is 18.8 Å². The number of hydrogen-bond acceptors (Lipinski definition) is 6. The van der Waals surface area contributed by atoms with Crippen LogP contribution in [-0.2, 0) is 6.54 Å². The molecule has 2 fully saturated rings. The summed E-state index contributed by atoms with van der Waals surface area (Å²) in [6.07, 6.45) is 2.25. The van der Waals surface area contributed by atoms with E-state index >= 15 is 0 Å². The van der Waals surface area contributed by atoms with Gasteiger partial charge in [0.05, 0.1) is 14.2 Å². The zero-order chi connectivity index (χ0) is 19.7. The van der Waals surface area contributed by atoms with Crippen LogP contribution in [0.1, 0.15) is 47.5 Å². The van der Waals surface area contributed by atoms with Crippen molar-refractivity contribution in [3.8, 4) is 11.5 Å². The Balaban J connectivity index is 1.38. The molecular weight excluding hydrogens is 358 g/mol. The van der Waals surface area contributed by atoms with Gasteiger partial charge in [-0.15, -0.1) is 0 Å². The summed E-state index contributed by atoms with van der Waals surface area (Å²) < 4.78 is 16.2. The summed E-state index contributed by atoms with van der Waals surface area (Å²) in [4.78, 5) is 14.9. The second kappa shape index (κ2) is 7.83. The number of hydrogen-bond donors (Lipinski definition) is 1. The molecule has 150 valence electrons. The molecule has 28 heavy (non-hydrogen) atoms. The van der Waals surface area contributed by atoms with Crippen LogP contribution in [0.25, 0.3) is 0 Å². The van der Waals surface area contributed by atoms with Gasteiger partial charge < -0.3 is 19.3 Å². The largest absolute Gasteiger partial charge is 0.493 e. The summed E-state index contributed by atoms with van der Waals surface area (Å²) in [5.74, 6) is 2.96. The highest BCUT2D eigenvalue weighted by Gasteiger charge is 2.33. The lowest BCUT2D eigenvalue weighted by Gasteiger charge is -2.19. The average Bonchev–Trinajstić information content (AvgIpc) is 3.32. The molecule has 2 aliphatic rings. The first-order chi connectivity index (χ1) is 13.6. The van der Waals surface area contributed by atoms with Crippen molar-refractivity contribution in [3.05, 3.63) is 41.3 Å². The van der Waals surface area contributed by atoms with Gasteiger partial charge in [-0.25, -0.2) is 0 Å². The zero-order valence-corrected chi connectivity index (χ0v) is 16.6. The highest BCUT2D eigenvalue weighted by atomic mass is 16.5. The van der Waals surface area contributed by atoms with Crippen molar-refractivity contribution in [3.63, 3.8) is 0 Å². The minimum absolute atomic E-state index is 0.0742. The SMILES string of the molecule is COc1cccc(CN2C[C@@H](C)[C@@H](NC(=O)c3cc(C4CC4)on3)C2)c1OC. The number of carbonyl (C=O) groups is 1. The molecule has 0 radical (unpaired) electrons. The third-order valence-corrected chi connectivity index (χ3v) is 5.62. The molecule has 2 atom stereocenters. The Labute approximate surface area is 165 Å². The van der Waals surface area contributed by atoms with Crippen molar-refractivity contribution in [2.45, 2.75) is 38.3 Å². The van der Waals surface area contributed by atoms with E-state index in [0.29, 0.717) is 17.5 Å². The van der Waals surface area contributed by atoms with E-state index in [4.69, 9.17) is 14.0 Å². The molecule has 0 unspecified atom stereocenters. The predicted molar refractivity (Wildman–Crippen MR) is 104 cm³/mol. The average molecular weight is 385 g/mol. The van der Waals surface area contributed by atoms with Gasteiger partial charge in [-0.3, -0.25) is 9.69 Å². The predicted octanol–water partition coefficient (Wildman–Crippen LogP) is 2.82. The molecule has 1 aromatic heterocycles. The van der Waals surface area contributed by atoms with E-state index in [9.17, 15) is 4.79 Å². The molecule has 1 saturated carbocycles. The number of carbonyl (C=O) groups excluding carboxylic acids is 1. The first-order valence-electron chi connectivity index (χ1n) is 9.78. The monoisotopic (exact) mass is 385 g/mol. The van der Waals surface area contributed by atoms with Gasteiger partial charge in [0.25, 0.3) is 5.91 Å². The van der Waals surface area contributed by atoms with Crippen LogP contribution in [0.15, 0.2) is 28.8 Å². The maximum atomic E-state index is 12.6. The summed E-state index contributed by atoms with van der Waals surface area (Å²) in [7, 11) is 3.30. The van der Waals surface area contributed by atoms with Crippen LogP contribution >= 0.6 is 0 Å². The smallest absolute Gasteiger partial charge is 0.273 e. The van der Waals surface area contributed by atoms with Gasteiger partial charge in [0.2, 0.25) is 0 Å². The first-order valence-corrected chi connectivity index (χ1v) is 9.78. The summed E-state index contributed by atoms with van der Waals surface area (Å²) in [6.45, 7) is 4.58. The highest BCUT2D eigenvalue weighted by Crippen LogP contribution is 2.40. The Hall–Kier alpha value is -2.54. The van der Waals surface area contributed by atoms with Crippen LogP contribution in [-0.4, -0.2) is 49.3 Å². The number of nitrogens with one attached hydrogen (secondary N) is 1. The molecule has 4 rings (SSSR count). The Kier molecular flexibility index (Phi) is 5.26. The van der Waals surface area contributed by atoms with Crippen molar-refractivity contribution in [1.29, 1.82) is 0 Å². The standard InChI is InChI=1S/C21H27N3O4/c1-13-10-24(11-15-5-4-6-18(26-2)20(15)27-3)12-17(13)22-21(25)16-9-19(28-23-16)14-7-8-14/h4-6,9,13-14,17H,7-8,10-12H2,1-3H3,(H,22,25)/t13-,17+/m1/s1. The highest BCUT2D eigenvalue weighted by molar-refractivity contribution is 5.92. The number of aromatic nitrogens is 1. The van der Waals surface area contributed by atoms with E-state index in [-0.39, 0.29) is 11.9 Å². The van der Waals surface area contributed by atoms with Crippen molar-refractivity contribution in [1.82, 2.24) is 15.4 Å². The number of rotatable bonds is 7. The van der Waals surface area contributed by atoms with Crippen molar-refractivity contribution in [2.24, 2.45) is 5.92 Å². The minimum atomic E-state index is -0.159. The third kappa shape index (κ3) is 3.85. The van der Waals surface area contributed by atoms with Gasteiger partial charge in [-0.05, 0) is 24.8 Å². The normalized spacial score (nSPS) is 22.2.